The predicted octanol–water partition coefficient (Wildman–Crippen LogP) is 4.40. The van der Waals surface area contributed by atoms with Gasteiger partial charge >= 0.3 is 0 Å². The number of hydrogen-bond acceptors (Lipinski definition) is 2. The average molecular weight is 288 g/mol. The number of halogens is 1. The first-order chi connectivity index (χ1) is 9.58. The fourth-order valence-corrected chi connectivity index (χ4v) is 2.48. The highest BCUT2D eigenvalue weighted by Gasteiger charge is 2.18. The fraction of sp³-hybridized carbons (Fsp3) is 0.235. The number of benzene rings is 1. The van der Waals surface area contributed by atoms with Crippen LogP contribution in [0.25, 0.3) is 6.08 Å². The number of hydrogen-bond donors (Lipinski definition) is 1. The highest BCUT2D eigenvalue weighted by molar-refractivity contribution is 6.67. The van der Waals surface area contributed by atoms with E-state index in [2.05, 4.69) is 29.6 Å². The summed E-state index contributed by atoms with van der Waals surface area (Å²) >= 11 is 5.62. The molecule has 104 valence electrons. The highest BCUT2D eigenvalue weighted by atomic mass is 35.5. The van der Waals surface area contributed by atoms with Crippen LogP contribution in [0.3, 0.4) is 0 Å². The lowest BCUT2D eigenvalue weighted by atomic mass is 9.96. The molecule has 1 aromatic rings. The first-order valence-electron chi connectivity index (χ1n) is 6.64. The normalized spacial score (nSPS) is 15.8. The standard InChI is InChI=1S/C17H18ClNO/c1-12-15(11-16(17(18)20)13(2)19-12)10-6-9-14-7-4-3-5-8-14/h3-9,19H,10-11H2,1-2H3. The van der Waals surface area contributed by atoms with Crippen LogP contribution in [0.5, 0.6) is 0 Å². The van der Waals surface area contributed by atoms with Crippen LogP contribution in [-0.2, 0) is 4.79 Å². The van der Waals surface area contributed by atoms with E-state index in [1.165, 1.54) is 11.1 Å². The van der Waals surface area contributed by atoms with Gasteiger partial charge in [-0.15, -0.1) is 0 Å². The second-order valence-corrected chi connectivity index (χ2v) is 5.27. The monoisotopic (exact) mass is 287 g/mol. The summed E-state index contributed by atoms with van der Waals surface area (Å²) in [4.78, 5) is 11.4. The number of allylic oxidation sites excluding steroid dienone is 5. The second kappa shape index (κ2) is 6.58. The van der Waals surface area contributed by atoms with E-state index >= 15 is 0 Å². The third kappa shape index (κ3) is 3.61. The van der Waals surface area contributed by atoms with Crippen LogP contribution in [0.4, 0.5) is 0 Å². The van der Waals surface area contributed by atoms with Gasteiger partial charge in [0.25, 0.3) is 0 Å². The minimum Gasteiger partial charge on any atom is -0.362 e. The Morgan fingerprint density at radius 1 is 1.25 bits per heavy atom. The van der Waals surface area contributed by atoms with Crippen molar-refractivity contribution in [3.63, 3.8) is 0 Å². The van der Waals surface area contributed by atoms with Gasteiger partial charge in [0, 0.05) is 23.4 Å². The molecule has 1 aromatic carbocycles. The molecule has 0 radical (unpaired) electrons. The van der Waals surface area contributed by atoms with E-state index in [1.807, 2.05) is 32.0 Å². The molecule has 0 atom stereocenters. The van der Waals surface area contributed by atoms with Crippen LogP contribution in [0, 0.1) is 0 Å². The Bertz CT molecular complexity index is 597. The largest absolute Gasteiger partial charge is 0.362 e. The summed E-state index contributed by atoms with van der Waals surface area (Å²) in [7, 11) is 0. The third-order valence-corrected chi connectivity index (χ3v) is 3.69. The molecule has 0 saturated carbocycles. The Kier molecular flexibility index (Phi) is 4.80. The molecule has 1 aliphatic heterocycles. The Balaban J connectivity index is 2.05. The topological polar surface area (TPSA) is 29.1 Å². The van der Waals surface area contributed by atoms with Gasteiger partial charge in [-0.05, 0) is 43.0 Å². The van der Waals surface area contributed by atoms with Gasteiger partial charge in [-0.3, -0.25) is 4.79 Å². The lowest BCUT2D eigenvalue weighted by molar-refractivity contribution is -0.108. The molecule has 0 aliphatic carbocycles. The van der Waals surface area contributed by atoms with Crippen molar-refractivity contribution >= 4 is 22.9 Å². The molecular formula is C17H18ClNO. The molecule has 0 spiro atoms. The summed E-state index contributed by atoms with van der Waals surface area (Å²) in [6.45, 7) is 3.92. The van der Waals surface area contributed by atoms with E-state index in [1.54, 1.807) is 0 Å². The summed E-state index contributed by atoms with van der Waals surface area (Å²) in [6.07, 6.45) is 5.65. The van der Waals surface area contributed by atoms with Gasteiger partial charge in [0.15, 0.2) is 0 Å². The van der Waals surface area contributed by atoms with E-state index in [0.29, 0.717) is 12.0 Å². The molecule has 1 heterocycles. The molecule has 2 nitrogen and oxygen atoms in total. The molecule has 0 saturated heterocycles. The molecule has 1 aliphatic rings. The van der Waals surface area contributed by atoms with Crippen molar-refractivity contribution in [3.05, 3.63) is 64.5 Å². The Hall–Kier alpha value is -1.80. The Morgan fingerprint density at radius 3 is 2.60 bits per heavy atom. The lowest BCUT2D eigenvalue weighted by Crippen LogP contribution is -2.20. The Labute approximate surface area is 124 Å². The molecule has 0 unspecified atom stereocenters. The molecule has 3 heteroatoms. The van der Waals surface area contributed by atoms with Gasteiger partial charge in [-0.25, -0.2) is 0 Å². The third-order valence-electron chi connectivity index (χ3n) is 3.46. The quantitative estimate of drug-likeness (QED) is 0.832. The molecule has 0 aromatic heterocycles. The first kappa shape index (κ1) is 14.6. The van der Waals surface area contributed by atoms with Crippen LogP contribution in [0.2, 0.25) is 0 Å². The summed E-state index contributed by atoms with van der Waals surface area (Å²) in [5, 5.41) is 2.86. The van der Waals surface area contributed by atoms with E-state index in [9.17, 15) is 4.79 Å². The highest BCUT2D eigenvalue weighted by Crippen LogP contribution is 2.26. The zero-order valence-electron chi connectivity index (χ0n) is 11.7. The fourth-order valence-electron chi connectivity index (χ4n) is 2.27. The summed E-state index contributed by atoms with van der Waals surface area (Å²) in [6, 6.07) is 10.2. The van der Waals surface area contributed by atoms with Crippen molar-refractivity contribution < 1.29 is 4.79 Å². The van der Waals surface area contributed by atoms with E-state index in [-0.39, 0.29) is 5.24 Å². The number of carbonyl (C=O) groups is 1. The van der Waals surface area contributed by atoms with E-state index in [0.717, 1.165) is 17.8 Å². The molecule has 2 rings (SSSR count). The van der Waals surface area contributed by atoms with Crippen molar-refractivity contribution in [3.8, 4) is 0 Å². The molecule has 0 fully saturated rings. The van der Waals surface area contributed by atoms with Gasteiger partial charge in [0.2, 0.25) is 5.24 Å². The second-order valence-electron chi connectivity index (χ2n) is 4.92. The number of nitrogens with one attached hydrogen (secondary N) is 1. The summed E-state index contributed by atoms with van der Waals surface area (Å²) in [5.41, 5.74) is 5.02. The van der Waals surface area contributed by atoms with Crippen LogP contribution < -0.4 is 5.32 Å². The first-order valence-corrected chi connectivity index (χ1v) is 7.02. The molecular weight excluding hydrogens is 270 g/mol. The number of dihydropyridines is 1. The Morgan fingerprint density at radius 2 is 1.95 bits per heavy atom. The van der Waals surface area contributed by atoms with E-state index < -0.39 is 0 Å². The van der Waals surface area contributed by atoms with Gasteiger partial charge in [0.05, 0.1) is 0 Å². The molecule has 1 N–H and O–H groups in total. The van der Waals surface area contributed by atoms with Gasteiger partial charge in [-0.1, -0.05) is 42.5 Å². The smallest absolute Gasteiger partial charge is 0.250 e. The van der Waals surface area contributed by atoms with Crippen LogP contribution in [0.1, 0.15) is 32.3 Å². The van der Waals surface area contributed by atoms with Crippen molar-refractivity contribution in [2.45, 2.75) is 26.7 Å². The number of carbonyl (C=O) groups excluding carboxylic acids is 1. The van der Waals surface area contributed by atoms with Crippen molar-refractivity contribution in [2.24, 2.45) is 0 Å². The minimum atomic E-state index is -0.368. The molecule has 0 amide bonds. The number of rotatable bonds is 4. The SMILES string of the molecule is CC1=C(CC=Cc2ccccc2)CC(C(=O)Cl)=C(C)N1. The predicted molar refractivity (Wildman–Crippen MR) is 84.1 cm³/mol. The minimum absolute atomic E-state index is 0.368. The van der Waals surface area contributed by atoms with Crippen molar-refractivity contribution in [2.75, 3.05) is 0 Å². The van der Waals surface area contributed by atoms with Gasteiger partial charge in [-0.2, -0.15) is 0 Å². The van der Waals surface area contributed by atoms with E-state index in [4.69, 9.17) is 11.6 Å². The van der Waals surface area contributed by atoms with Crippen LogP contribution >= 0.6 is 11.6 Å². The lowest BCUT2D eigenvalue weighted by Gasteiger charge is -2.21. The molecule has 20 heavy (non-hydrogen) atoms. The van der Waals surface area contributed by atoms with Gasteiger partial charge < -0.3 is 5.32 Å². The molecule has 0 bridgehead atoms. The van der Waals surface area contributed by atoms with Gasteiger partial charge in [0.1, 0.15) is 0 Å². The van der Waals surface area contributed by atoms with Crippen LogP contribution in [-0.4, -0.2) is 5.24 Å². The zero-order valence-corrected chi connectivity index (χ0v) is 12.5. The zero-order chi connectivity index (χ0) is 14.5. The summed E-state index contributed by atoms with van der Waals surface area (Å²) in [5.74, 6) is 0. The maximum absolute atomic E-state index is 11.4. The summed E-state index contributed by atoms with van der Waals surface area (Å²) < 4.78 is 0. The maximum atomic E-state index is 11.4. The average Bonchev–Trinajstić information content (AvgIpc) is 2.42. The van der Waals surface area contributed by atoms with Crippen molar-refractivity contribution in [1.82, 2.24) is 5.32 Å². The van der Waals surface area contributed by atoms with Crippen molar-refractivity contribution in [1.29, 1.82) is 0 Å². The maximum Gasteiger partial charge on any atom is 0.250 e. The van der Waals surface area contributed by atoms with Crippen LogP contribution in [0.15, 0.2) is 58.9 Å².